The Morgan fingerprint density at radius 2 is 1.79 bits per heavy atom. The number of piperazine rings is 1. The summed E-state index contributed by atoms with van der Waals surface area (Å²) in [6, 6.07) is 14.2. The molecular weight excluding hydrogens is 456 g/mol. The Balaban J connectivity index is 1.58. The van der Waals surface area contributed by atoms with Crippen molar-refractivity contribution in [3.8, 4) is 5.75 Å². The second-order valence-electron chi connectivity index (χ2n) is 8.10. The third kappa shape index (κ3) is 5.13. The molecule has 34 heavy (non-hydrogen) atoms. The van der Waals surface area contributed by atoms with Crippen LogP contribution in [0.4, 0.5) is 10.5 Å². The largest absolute Gasteiger partial charge is 0.494 e. The molecule has 0 spiro atoms. The number of urea groups is 1. The van der Waals surface area contributed by atoms with E-state index in [1.54, 1.807) is 0 Å². The van der Waals surface area contributed by atoms with Gasteiger partial charge in [-0.1, -0.05) is 41.9 Å². The van der Waals surface area contributed by atoms with Crippen molar-refractivity contribution >= 4 is 29.3 Å². The number of hydrogen-bond donors (Lipinski definition) is 2. The molecule has 1 saturated heterocycles. The number of rotatable bonds is 7. The Kier molecular flexibility index (Phi) is 7.59. The summed E-state index contributed by atoms with van der Waals surface area (Å²) in [6.07, 6.45) is 0. The molecule has 2 aliphatic heterocycles. The number of para-hydroxylation sites is 2. The summed E-state index contributed by atoms with van der Waals surface area (Å²) < 4.78 is 10.9. The van der Waals surface area contributed by atoms with E-state index in [2.05, 4.69) is 20.4 Å². The molecule has 2 aliphatic rings. The minimum atomic E-state index is -0.677. The Morgan fingerprint density at radius 1 is 1.09 bits per heavy atom. The second-order valence-corrected chi connectivity index (χ2v) is 8.51. The zero-order chi connectivity index (χ0) is 24.1. The van der Waals surface area contributed by atoms with Gasteiger partial charge >= 0.3 is 12.0 Å². The van der Waals surface area contributed by atoms with Crippen molar-refractivity contribution < 1.29 is 19.1 Å². The molecule has 1 fully saturated rings. The summed E-state index contributed by atoms with van der Waals surface area (Å²) >= 11 is 6.37. The van der Waals surface area contributed by atoms with Crippen LogP contribution >= 0.6 is 11.6 Å². The third-order valence-corrected chi connectivity index (χ3v) is 6.36. The molecule has 9 heteroatoms. The van der Waals surface area contributed by atoms with Crippen molar-refractivity contribution in [2.45, 2.75) is 13.0 Å². The van der Waals surface area contributed by atoms with E-state index >= 15 is 0 Å². The fraction of sp³-hybridized carbons (Fsp3) is 0.360. The van der Waals surface area contributed by atoms with Gasteiger partial charge in [0.1, 0.15) is 5.75 Å². The number of amides is 2. The molecule has 2 aromatic carbocycles. The van der Waals surface area contributed by atoms with Crippen LogP contribution in [-0.4, -0.2) is 63.3 Å². The predicted molar refractivity (Wildman–Crippen MR) is 131 cm³/mol. The number of ether oxygens (including phenoxy) is 2. The van der Waals surface area contributed by atoms with E-state index < -0.39 is 12.0 Å². The lowest BCUT2D eigenvalue weighted by atomic mass is 9.94. The van der Waals surface area contributed by atoms with Crippen LogP contribution in [0.5, 0.6) is 5.75 Å². The molecular formula is C25H29ClN4O4. The highest BCUT2D eigenvalue weighted by molar-refractivity contribution is 6.33. The van der Waals surface area contributed by atoms with Crippen molar-refractivity contribution in [2.75, 3.05) is 51.3 Å². The smallest absolute Gasteiger partial charge is 0.338 e. The quantitative estimate of drug-likeness (QED) is 0.586. The van der Waals surface area contributed by atoms with Crippen LogP contribution in [-0.2, 0) is 9.53 Å². The van der Waals surface area contributed by atoms with Crippen LogP contribution in [0.2, 0.25) is 5.02 Å². The Labute approximate surface area is 204 Å². The molecule has 0 saturated carbocycles. The molecule has 0 bridgehead atoms. The lowest BCUT2D eigenvalue weighted by Crippen LogP contribution is -2.51. The van der Waals surface area contributed by atoms with Crippen molar-refractivity contribution in [2.24, 2.45) is 0 Å². The van der Waals surface area contributed by atoms with Gasteiger partial charge in [0.15, 0.2) is 0 Å². The number of halogens is 1. The van der Waals surface area contributed by atoms with Crippen molar-refractivity contribution in [3.63, 3.8) is 0 Å². The minimum Gasteiger partial charge on any atom is -0.494 e. The maximum atomic E-state index is 12.9. The van der Waals surface area contributed by atoms with E-state index in [0.29, 0.717) is 35.7 Å². The number of nitrogens with one attached hydrogen (secondary N) is 2. The standard InChI is InChI=1S/C25H29ClN4O4/c1-3-34-21-11-7-4-8-17(21)23-22(24(31)33-2)19(27-25(32)28-23)16-29-12-14-30(15-13-29)20-10-6-5-9-18(20)26/h4-11,23H,3,12-16H2,1-2H3,(H2,27,28,32). The second kappa shape index (κ2) is 10.8. The third-order valence-electron chi connectivity index (χ3n) is 6.04. The summed E-state index contributed by atoms with van der Waals surface area (Å²) in [7, 11) is 1.34. The summed E-state index contributed by atoms with van der Waals surface area (Å²) in [5, 5.41) is 6.44. The maximum Gasteiger partial charge on any atom is 0.338 e. The summed E-state index contributed by atoms with van der Waals surface area (Å²) in [6.45, 7) is 5.86. The van der Waals surface area contributed by atoms with E-state index in [1.165, 1.54) is 7.11 Å². The van der Waals surface area contributed by atoms with E-state index in [-0.39, 0.29) is 6.03 Å². The Morgan fingerprint density at radius 3 is 2.50 bits per heavy atom. The maximum absolute atomic E-state index is 12.9. The van der Waals surface area contributed by atoms with E-state index in [9.17, 15) is 9.59 Å². The molecule has 4 rings (SSSR count). The molecule has 2 N–H and O–H groups in total. The molecule has 1 atom stereocenters. The average molecular weight is 485 g/mol. The van der Waals surface area contributed by atoms with Crippen LogP contribution in [0.1, 0.15) is 18.5 Å². The van der Waals surface area contributed by atoms with Crippen LogP contribution in [0, 0.1) is 0 Å². The lowest BCUT2D eigenvalue weighted by Gasteiger charge is -2.38. The van der Waals surface area contributed by atoms with Crippen LogP contribution < -0.4 is 20.3 Å². The van der Waals surface area contributed by atoms with E-state index in [0.717, 1.165) is 36.9 Å². The fourth-order valence-corrected chi connectivity index (χ4v) is 4.67. The first-order valence-electron chi connectivity index (χ1n) is 11.3. The van der Waals surface area contributed by atoms with Crippen molar-refractivity contribution in [1.82, 2.24) is 15.5 Å². The summed E-state index contributed by atoms with van der Waals surface area (Å²) in [4.78, 5) is 30.0. The predicted octanol–water partition coefficient (Wildman–Crippen LogP) is 3.34. The number of methoxy groups -OCH3 is 1. The number of anilines is 1. The van der Waals surface area contributed by atoms with Gasteiger partial charge in [0, 0.05) is 44.0 Å². The van der Waals surface area contributed by atoms with Gasteiger partial charge in [-0.3, -0.25) is 4.90 Å². The van der Waals surface area contributed by atoms with Gasteiger partial charge in [0.25, 0.3) is 0 Å². The molecule has 2 aromatic rings. The monoisotopic (exact) mass is 484 g/mol. The van der Waals surface area contributed by atoms with Crippen LogP contribution in [0.3, 0.4) is 0 Å². The number of hydrogen-bond acceptors (Lipinski definition) is 6. The number of benzene rings is 2. The van der Waals surface area contributed by atoms with E-state index in [4.69, 9.17) is 21.1 Å². The van der Waals surface area contributed by atoms with Gasteiger partial charge in [-0.25, -0.2) is 9.59 Å². The fourth-order valence-electron chi connectivity index (χ4n) is 4.41. The molecule has 1 unspecified atom stereocenters. The summed E-state index contributed by atoms with van der Waals surface area (Å²) in [5.41, 5.74) is 2.64. The van der Waals surface area contributed by atoms with Gasteiger partial charge in [0.05, 0.1) is 36.0 Å². The molecule has 0 aromatic heterocycles. The lowest BCUT2D eigenvalue weighted by molar-refractivity contribution is -0.136. The van der Waals surface area contributed by atoms with Crippen molar-refractivity contribution in [1.29, 1.82) is 0 Å². The Bertz CT molecular complexity index is 1080. The highest BCUT2D eigenvalue weighted by atomic mass is 35.5. The van der Waals surface area contributed by atoms with Gasteiger partial charge in [-0.2, -0.15) is 0 Å². The van der Waals surface area contributed by atoms with Gasteiger partial charge in [-0.15, -0.1) is 0 Å². The number of esters is 1. The molecule has 180 valence electrons. The molecule has 8 nitrogen and oxygen atoms in total. The first-order chi connectivity index (χ1) is 16.5. The highest BCUT2D eigenvalue weighted by Crippen LogP contribution is 2.34. The summed E-state index contributed by atoms with van der Waals surface area (Å²) in [5.74, 6) is 0.125. The molecule has 0 aliphatic carbocycles. The van der Waals surface area contributed by atoms with Crippen LogP contribution in [0.15, 0.2) is 59.8 Å². The number of nitrogens with zero attached hydrogens (tertiary/aromatic N) is 2. The zero-order valence-corrected chi connectivity index (χ0v) is 20.1. The molecule has 2 amide bonds. The number of carbonyl (C=O) groups excluding carboxylic acids is 2. The van der Waals surface area contributed by atoms with Gasteiger partial charge < -0.3 is 25.0 Å². The van der Waals surface area contributed by atoms with Crippen molar-refractivity contribution in [3.05, 3.63) is 70.4 Å². The highest BCUT2D eigenvalue weighted by Gasteiger charge is 2.36. The number of carbonyl (C=O) groups is 2. The first-order valence-corrected chi connectivity index (χ1v) is 11.7. The first kappa shape index (κ1) is 23.9. The normalized spacial score (nSPS) is 18.9. The van der Waals surface area contributed by atoms with Crippen LogP contribution in [0.25, 0.3) is 0 Å². The molecule has 2 heterocycles. The van der Waals surface area contributed by atoms with Gasteiger partial charge in [-0.05, 0) is 25.1 Å². The minimum absolute atomic E-state index is 0.367. The topological polar surface area (TPSA) is 83.1 Å². The van der Waals surface area contributed by atoms with E-state index in [1.807, 2.05) is 55.5 Å². The zero-order valence-electron chi connectivity index (χ0n) is 19.3. The Hall–Kier alpha value is -3.23. The van der Waals surface area contributed by atoms with Gasteiger partial charge in [0.2, 0.25) is 0 Å². The average Bonchev–Trinajstić information content (AvgIpc) is 2.85. The molecule has 0 radical (unpaired) electrons. The SMILES string of the molecule is CCOc1ccccc1C1NC(=O)NC(CN2CCN(c3ccccc3Cl)CC2)=C1C(=O)OC.